The van der Waals surface area contributed by atoms with Crippen LogP contribution in [-0.4, -0.2) is 43.8 Å². The van der Waals surface area contributed by atoms with E-state index in [1.165, 1.54) is 19.1 Å². The third kappa shape index (κ3) is 8.41. The second-order valence-electron chi connectivity index (χ2n) is 6.73. The van der Waals surface area contributed by atoms with Gasteiger partial charge in [0.1, 0.15) is 10.1 Å². The monoisotopic (exact) mass is 458 g/mol. The van der Waals surface area contributed by atoms with Crippen LogP contribution in [0.15, 0.2) is 53.4 Å². The van der Waals surface area contributed by atoms with Gasteiger partial charge in [-0.05, 0) is 48.4 Å². The summed E-state index contributed by atoms with van der Waals surface area (Å²) < 4.78 is 33.0. The Labute approximate surface area is 203 Å². The third-order valence-electron chi connectivity index (χ3n) is 4.20. The van der Waals surface area contributed by atoms with E-state index in [1.54, 1.807) is 0 Å². The molecule has 1 atom stereocenters. The Balaban J connectivity index is 0.00000450. The molecule has 0 bridgehead atoms. The molecular formula is C20H23N2NaO5S2. The van der Waals surface area contributed by atoms with Crippen molar-refractivity contribution in [1.29, 1.82) is 0 Å². The van der Waals surface area contributed by atoms with Gasteiger partial charge in [-0.3, -0.25) is 9.59 Å². The van der Waals surface area contributed by atoms with E-state index in [0.717, 1.165) is 35.1 Å². The molecule has 0 aromatic heterocycles. The Morgan fingerprint density at radius 3 is 2.10 bits per heavy atom. The minimum Gasteiger partial charge on any atom is -0.744 e. The minimum absolute atomic E-state index is 0. The zero-order valence-corrected chi connectivity index (χ0v) is 21.0. The SMILES string of the molecule is CC(=O)SCC(Cc1ccc(N(C)C)cc1)C(=O)Nc1ccc(S(=O)(=O)[O-])cc1.[Na+]. The van der Waals surface area contributed by atoms with Crippen LogP contribution in [0.4, 0.5) is 11.4 Å². The van der Waals surface area contributed by atoms with Crippen molar-refractivity contribution in [1.82, 2.24) is 0 Å². The molecule has 156 valence electrons. The fourth-order valence-corrected chi connectivity index (χ4v) is 3.78. The predicted molar refractivity (Wildman–Crippen MR) is 114 cm³/mol. The average molecular weight is 459 g/mol. The second kappa shape index (κ2) is 11.9. The van der Waals surface area contributed by atoms with Gasteiger partial charge in [-0.15, -0.1) is 0 Å². The van der Waals surface area contributed by atoms with Crippen molar-refractivity contribution >= 4 is 44.3 Å². The first kappa shape index (κ1) is 26.7. The molecule has 2 aromatic rings. The molecule has 10 heteroatoms. The van der Waals surface area contributed by atoms with Crippen LogP contribution in [0.2, 0.25) is 0 Å². The Kier molecular flexibility index (Phi) is 10.6. The Bertz CT molecular complexity index is 962. The summed E-state index contributed by atoms with van der Waals surface area (Å²) in [6.45, 7) is 1.45. The number of nitrogens with zero attached hydrogens (tertiary/aromatic N) is 1. The largest absolute Gasteiger partial charge is 1.00 e. The summed E-state index contributed by atoms with van der Waals surface area (Å²) in [5.74, 6) is -0.422. The fourth-order valence-electron chi connectivity index (χ4n) is 2.61. The predicted octanol–water partition coefficient (Wildman–Crippen LogP) is -0.262. The van der Waals surface area contributed by atoms with Crippen LogP contribution >= 0.6 is 11.8 Å². The van der Waals surface area contributed by atoms with Crippen LogP contribution in [-0.2, 0) is 26.1 Å². The van der Waals surface area contributed by atoms with E-state index < -0.39 is 16.0 Å². The molecule has 30 heavy (non-hydrogen) atoms. The van der Waals surface area contributed by atoms with Crippen LogP contribution in [0, 0.1) is 5.92 Å². The van der Waals surface area contributed by atoms with Gasteiger partial charge in [-0.25, -0.2) is 8.42 Å². The van der Waals surface area contributed by atoms with Gasteiger partial charge in [0.2, 0.25) is 5.91 Å². The first-order chi connectivity index (χ1) is 13.6. The molecule has 0 saturated heterocycles. The zero-order chi connectivity index (χ0) is 21.6. The van der Waals surface area contributed by atoms with E-state index in [-0.39, 0.29) is 45.5 Å². The fraction of sp³-hybridized carbons (Fsp3) is 0.300. The third-order valence-corrected chi connectivity index (χ3v) is 6.03. The molecule has 0 aliphatic heterocycles. The first-order valence-corrected chi connectivity index (χ1v) is 11.2. The van der Waals surface area contributed by atoms with Gasteiger partial charge in [0.15, 0.2) is 5.12 Å². The van der Waals surface area contributed by atoms with E-state index in [1.807, 2.05) is 43.3 Å². The molecule has 7 nitrogen and oxygen atoms in total. The number of benzene rings is 2. The molecule has 2 aromatic carbocycles. The van der Waals surface area contributed by atoms with E-state index in [2.05, 4.69) is 5.32 Å². The molecule has 1 unspecified atom stereocenters. The van der Waals surface area contributed by atoms with E-state index in [9.17, 15) is 22.6 Å². The molecule has 0 heterocycles. The summed E-state index contributed by atoms with van der Waals surface area (Å²) in [5.41, 5.74) is 2.39. The number of carbonyl (C=O) groups excluding carboxylic acids is 2. The van der Waals surface area contributed by atoms with Crippen molar-refractivity contribution < 1.29 is 52.1 Å². The Hall–Kier alpha value is -1.36. The normalized spacial score (nSPS) is 11.9. The van der Waals surface area contributed by atoms with Gasteiger partial charge in [0, 0.05) is 38.1 Å². The van der Waals surface area contributed by atoms with Crippen molar-refractivity contribution in [3.63, 3.8) is 0 Å². The topological polar surface area (TPSA) is 107 Å². The summed E-state index contributed by atoms with van der Waals surface area (Å²) in [6, 6.07) is 12.8. The van der Waals surface area contributed by atoms with E-state index in [0.29, 0.717) is 17.9 Å². The van der Waals surface area contributed by atoms with Gasteiger partial charge in [0.25, 0.3) is 0 Å². The van der Waals surface area contributed by atoms with Crippen molar-refractivity contribution in [2.75, 3.05) is 30.1 Å². The van der Waals surface area contributed by atoms with Gasteiger partial charge in [0.05, 0.1) is 10.8 Å². The second-order valence-corrected chi connectivity index (χ2v) is 9.31. The zero-order valence-electron chi connectivity index (χ0n) is 17.4. The van der Waals surface area contributed by atoms with Crippen molar-refractivity contribution in [3.8, 4) is 0 Å². The summed E-state index contributed by atoms with van der Waals surface area (Å²) in [5, 5.41) is 2.65. The molecule has 2 rings (SSSR count). The number of hydrogen-bond acceptors (Lipinski definition) is 7. The smallest absolute Gasteiger partial charge is 0.744 e. The number of rotatable bonds is 8. The van der Waals surface area contributed by atoms with Crippen molar-refractivity contribution in [3.05, 3.63) is 54.1 Å². The van der Waals surface area contributed by atoms with Gasteiger partial charge in [-0.2, -0.15) is 0 Å². The van der Waals surface area contributed by atoms with Crippen LogP contribution < -0.4 is 39.8 Å². The molecule has 0 aliphatic carbocycles. The Morgan fingerprint density at radius 1 is 1.07 bits per heavy atom. The van der Waals surface area contributed by atoms with E-state index >= 15 is 0 Å². The van der Waals surface area contributed by atoms with Gasteiger partial charge in [-0.1, -0.05) is 23.9 Å². The minimum atomic E-state index is -4.54. The molecule has 1 amide bonds. The molecule has 0 aliphatic rings. The quantitative estimate of drug-likeness (QED) is 0.429. The van der Waals surface area contributed by atoms with Crippen molar-refractivity contribution in [2.45, 2.75) is 18.2 Å². The number of amides is 1. The molecular weight excluding hydrogens is 435 g/mol. The molecule has 0 spiro atoms. The standard InChI is InChI=1S/C20H24N2O5S2.Na/c1-14(23)28-13-16(12-15-4-8-18(9-5-15)22(2)3)20(24)21-17-6-10-19(11-7-17)29(25,26)27;/h4-11,16H,12-13H2,1-3H3,(H,21,24)(H,25,26,27);/q;+1/p-1. The average Bonchev–Trinajstić information content (AvgIpc) is 2.65. The summed E-state index contributed by atoms with van der Waals surface area (Å²) >= 11 is 1.08. The van der Waals surface area contributed by atoms with Crippen LogP contribution in [0.5, 0.6) is 0 Å². The summed E-state index contributed by atoms with van der Waals surface area (Å²) in [7, 11) is -0.655. The van der Waals surface area contributed by atoms with Gasteiger partial charge < -0.3 is 14.8 Å². The number of nitrogens with one attached hydrogen (secondary N) is 1. The summed E-state index contributed by atoms with van der Waals surface area (Å²) in [6.07, 6.45) is 0.451. The number of carbonyl (C=O) groups is 2. The Morgan fingerprint density at radius 2 is 1.63 bits per heavy atom. The van der Waals surface area contributed by atoms with Gasteiger partial charge >= 0.3 is 29.6 Å². The van der Waals surface area contributed by atoms with E-state index in [4.69, 9.17) is 0 Å². The molecule has 0 radical (unpaired) electrons. The van der Waals surface area contributed by atoms with Crippen LogP contribution in [0.25, 0.3) is 0 Å². The molecule has 1 N–H and O–H groups in total. The maximum atomic E-state index is 12.8. The maximum Gasteiger partial charge on any atom is 1.00 e. The van der Waals surface area contributed by atoms with Crippen LogP contribution in [0.3, 0.4) is 0 Å². The number of anilines is 2. The van der Waals surface area contributed by atoms with Crippen LogP contribution in [0.1, 0.15) is 12.5 Å². The maximum absolute atomic E-state index is 12.8. The first-order valence-electron chi connectivity index (χ1n) is 8.82. The van der Waals surface area contributed by atoms with Crippen molar-refractivity contribution in [2.24, 2.45) is 5.92 Å². The number of thioether (sulfide) groups is 1. The molecule has 0 fully saturated rings. The molecule has 0 saturated carbocycles. The number of hydrogen-bond donors (Lipinski definition) is 1. The summed E-state index contributed by atoms with van der Waals surface area (Å²) in [4.78, 5) is 25.8.